The quantitative estimate of drug-likeness (QED) is 0.847. The largest absolute Gasteiger partial charge is 0.464 e. The van der Waals surface area contributed by atoms with E-state index in [0.29, 0.717) is 5.02 Å². The Balaban J connectivity index is 2.90. The van der Waals surface area contributed by atoms with Crippen LogP contribution >= 0.6 is 11.6 Å². The lowest BCUT2D eigenvalue weighted by molar-refractivity contribution is -0.158. The summed E-state index contributed by atoms with van der Waals surface area (Å²) in [5, 5.41) is 2.41. The minimum absolute atomic E-state index is 0.0397. The van der Waals surface area contributed by atoms with E-state index in [1.807, 2.05) is 5.32 Å². The highest BCUT2D eigenvalue weighted by atomic mass is 35.5. The molecule has 21 heavy (non-hydrogen) atoms. The number of amides is 1. The Kier molecular flexibility index (Phi) is 6.02. The van der Waals surface area contributed by atoms with Crippen LogP contribution in [0.3, 0.4) is 0 Å². The van der Waals surface area contributed by atoms with Gasteiger partial charge in [-0.3, -0.25) is 4.79 Å². The van der Waals surface area contributed by atoms with Crippen LogP contribution in [-0.4, -0.2) is 24.7 Å². The average molecular weight is 324 g/mol. The maximum atomic E-state index is 12.2. The highest BCUT2D eigenvalue weighted by Crippen LogP contribution is 2.22. The van der Waals surface area contributed by atoms with Crippen molar-refractivity contribution in [2.24, 2.45) is 0 Å². The van der Waals surface area contributed by atoms with Crippen molar-refractivity contribution in [3.05, 3.63) is 34.9 Å². The van der Waals surface area contributed by atoms with Crippen LogP contribution in [0.2, 0.25) is 5.02 Å². The van der Waals surface area contributed by atoms with E-state index in [1.165, 1.54) is 24.3 Å². The molecule has 0 radical (unpaired) electrons. The van der Waals surface area contributed by atoms with Crippen molar-refractivity contribution >= 4 is 23.5 Å². The summed E-state index contributed by atoms with van der Waals surface area (Å²) in [5.74, 6) is -2.15. The van der Waals surface area contributed by atoms with Crippen LogP contribution in [-0.2, 0) is 14.3 Å². The normalized spacial score (nSPS) is 12.6. The van der Waals surface area contributed by atoms with Crippen LogP contribution in [0, 0.1) is 0 Å². The first kappa shape index (κ1) is 17.3. The maximum absolute atomic E-state index is 12.2. The van der Waals surface area contributed by atoms with Crippen molar-refractivity contribution in [3.63, 3.8) is 0 Å². The molecule has 0 saturated heterocycles. The maximum Gasteiger partial charge on any atom is 0.397 e. The van der Waals surface area contributed by atoms with Crippen molar-refractivity contribution in [3.8, 4) is 0 Å². The summed E-state index contributed by atoms with van der Waals surface area (Å²) >= 11 is 5.70. The fraction of sp³-hybridized carbons (Fsp3) is 0.385. The van der Waals surface area contributed by atoms with Crippen molar-refractivity contribution in [1.82, 2.24) is 5.32 Å². The number of rotatable bonds is 5. The molecule has 1 rings (SSSR count). The summed E-state index contributed by atoms with van der Waals surface area (Å²) in [6.07, 6.45) is -6.32. The SMILES string of the molecule is CCOC(=O)[C@H](NC(=O)CC(F)(F)F)c1ccc(Cl)cc1. The topological polar surface area (TPSA) is 55.4 Å². The van der Waals surface area contributed by atoms with E-state index >= 15 is 0 Å². The minimum atomic E-state index is -4.65. The Morgan fingerprint density at radius 3 is 2.33 bits per heavy atom. The molecular weight excluding hydrogens is 311 g/mol. The van der Waals surface area contributed by atoms with Crippen LogP contribution < -0.4 is 5.32 Å². The molecule has 1 N–H and O–H groups in total. The second-order valence-corrected chi connectivity index (χ2v) is 4.53. The number of halogens is 4. The van der Waals surface area contributed by atoms with E-state index in [9.17, 15) is 22.8 Å². The highest BCUT2D eigenvalue weighted by molar-refractivity contribution is 6.30. The molecule has 0 bridgehead atoms. The van der Waals surface area contributed by atoms with Crippen molar-refractivity contribution in [2.75, 3.05) is 6.61 Å². The minimum Gasteiger partial charge on any atom is -0.464 e. The van der Waals surface area contributed by atoms with Crippen LogP contribution in [0.4, 0.5) is 13.2 Å². The molecule has 1 amide bonds. The van der Waals surface area contributed by atoms with Gasteiger partial charge in [0.1, 0.15) is 6.42 Å². The molecule has 0 aliphatic heterocycles. The third-order valence-corrected chi connectivity index (χ3v) is 2.64. The lowest BCUT2D eigenvalue weighted by atomic mass is 10.1. The summed E-state index contributed by atoms with van der Waals surface area (Å²) in [6, 6.07) is 4.46. The zero-order valence-corrected chi connectivity index (χ0v) is 11.8. The van der Waals surface area contributed by atoms with Crippen LogP contribution in [0.25, 0.3) is 0 Å². The molecule has 0 fully saturated rings. The van der Waals surface area contributed by atoms with Crippen LogP contribution in [0.5, 0.6) is 0 Å². The van der Waals surface area contributed by atoms with Crippen molar-refractivity contribution in [2.45, 2.75) is 25.6 Å². The molecule has 8 heteroatoms. The van der Waals surface area contributed by atoms with E-state index in [2.05, 4.69) is 0 Å². The molecule has 1 atom stereocenters. The first-order chi connectivity index (χ1) is 9.73. The molecule has 0 aromatic heterocycles. The molecule has 4 nitrogen and oxygen atoms in total. The molecule has 0 heterocycles. The fourth-order valence-electron chi connectivity index (χ4n) is 1.55. The summed E-state index contributed by atoms with van der Waals surface area (Å²) in [4.78, 5) is 23.1. The Morgan fingerprint density at radius 2 is 1.86 bits per heavy atom. The van der Waals surface area contributed by atoms with Crippen molar-refractivity contribution in [1.29, 1.82) is 0 Å². The van der Waals surface area contributed by atoms with Gasteiger partial charge in [-0.2, -0.15) is 13.2 Å². The number of ether oxygens (including phenoxy) is 1. The molecule has 116 valence electrons. The zero-order chi connectivity index (χ0) is 16.0. The number of carbonyl (C=O) groups is 2. The number of nitrogens with one attached hydrogen (secondary N) is 1. The predicted molar refractivity (Wildman–Crippen MR) is 69.6 cm³/mol. The number of benzene rings is 1. The summed E-state index contributed by atoms with van der Waals surface area (Å²) < 4.78 is 41.3. The molecule has 0 spiro atoms. The summed E-state index contributed by atoms with van der Waals surface area (Å²) in [6.45, 7) is 1.59. The van der Waals surface area contributed by atoms with Gasteiger partial charge in [0.05, 0.1) is 6.61 Å². The number of alkyl halides is 3. The molecule has 0 aliphatic carbocycles. The molecule has 1 aromatic carbocycles. The third kappa shape index (κ3) is 6.03. The van der Waals surface area contributed by atoms with E-state index in [1.54, 1.807) is 6.92 Å². The summed E-state index contributed by atoms with van der Waals surface area (Å²) in [5.41, 5.74) is 0.286. The van der Waals surface area contributed by atoms with Crippen LogP contribution in [0.15, 0.2) is 24.3 Å². The number of esters is 1. The van der Waals surface area contributed by atoms with Gasteiger partial charge in [-0.05, 0) is 24.6 Å². The molecule has 1 aromatic rings. The highest BCUT2D eigenvalue weighted by Gasteiger charge is 2.33. The standard InChI is InChI=1S/C13H13ClF3NO3/c1-2-21-12(20)11(8-3-5-9(14)6-4-8)18-10(19)7-13(15,16)17/h3-6,11H,2,7H2,1H3,(H,18,19)/t11-/m1/s1. The fourth-order valence-corrected chi connectivity index (χ4v) is 1.68. The molecule has 0 saturated carbocycles. The third-order valence-electron chi connectivity index (χ3n) is 2.39. The van der Waals surface area contributed by atoms with Gasteiger partial charge in [-0.1, -0.05) is 23.7 Å². The molecule has 0 unspecified atom stereocenters. The number of hydrogen-bond donors (Lipinski definition) is 1. The van der Waals surface area contributed by atoms with Crippen molar-refractivity contribution < 1.29 is 27.5 Å². The lowest BCUT2D eigenvalue weighted by Crippen LogP contribution is -2.37. The van der Waals surface area contributed by atoms with Crippen LogP contribution in [0.1, 0.15) is 24.9 Å². The number of hydrogen-bond acceptors (Lipinski definition) is 3. The van der Waals surface area contributed by atoms with Gasteiger partial charge < -0.3 is 10.1 Å². The van der Waals surface area contributed by atoms with Gasteiger partial charge in [0.25, 0.3) is 0 Å². The molecule has 0 aliphatic rings. The lowest BCUT2D eigenvalue weighted by Gasteiger charge is -2.18. The first-order valence-corrected chi connectivity index (χ1v) is 6.39. The van der Waals surface area contributed by atoms with E-state index in [4.69, 9.17) is 16.3 Å². The predicted octanol–water partition coefficient (Wildman–Crippen LogP) is 3.01. The Labute approximate surface area is 124 Å². The van der Waals surface area contributed by atoms with Gasteiger partial charge in [0.15, 0.2) is 6.04 Å². The average Bonchev–Trinajstić information content (AvgIpc) is 2.35. The van der Waals surface area contributed by atoms with Gasteiger partial charge in [0.2, 0.25) is 5.91 Å². The Hall–Kier alpha value is -1.76. The van der Waals surface area contributed by atoms with E-state index in [0.717, 1.165) is 0 Å². The summed E-state index contributed by atoms with van der Waals surface area (Å²) in [7, 11) is 0. The smallest absolute Gasteiger partial charge is 0.397 e. The van der Waals surface area contributed by atoms with Gasteiger partial charge in [-0.25, -0.2) is 4.79 Å². The van der Waals surface area contributed by atoms with E-state index in [-0.39, 0.29) is 12.2 Å². The Morgan fingerprint density at radius 1 is 1.29 bits per heavy atom. The van der Waals surface area contributed by atoms with E-state index < -0.39 is 30.5 Å². The molecular formula is C13H13ClF3NO3. The van der Waals surface area contributed by atoms with Gasteiger partial charge in [-0.15, -0.1) is 0 Å². The first-order valence-electron chi connectivity index (χ1n) is 6.01. The second kappa shape index (κ2) is 7.31. The Bertz CT molecular complexity index is 502. The van der Waals surface area contributed by atoms with Gasteiger partial charge >= 0.3 is 12.1 Å². The number of carbonyl (C=O) groups excluding carboxylic acids is 2. The monoisotopic (exact) mass is 323 g/mol. The zero-order valence-electron chi connectivity index (χ0n) is 11.0. The van der Waals surface area contributed by atoms with Gasteiger partial charge in [0, 0.05) is 5.02 Å². The second-order valence-electron chi connectivity index (χ2n) is 4.10.